The van der Waals surface area contributed by atoms with Crippen molar-refractivity contribution in [1.29, 1.82) is 0 Å². The highest BCUT2D eigenvalue weighted by Gasteiger charge is 2.25. The van der Waals surface area contributed by atoms with Crippen molar-refractivity contribution >= 4 is 11.8 Å². The number of aliphatic imine (C=N–C) groups is 1. The Labute approximate surface area is 169 Å². The molecule has 0 spiro atoms. The largest absolute Gasteiger partial charge is 0.352 e. The van der Waals surface area contributed by atoms with E-state index in [2.05, 4.69) is 37.8 Å². The van der Waals surface area contributed by atoms with E-state index in [1.165, 1.54) is 6.07 Å². The Morgan fingerprint density at radius 3 is 2.79 bits per heavy atom. The molecule has 2 aromatic heterocycles. The molecule has 0 aliphatic carbocycles. The van der Waals surface area contributed by atoms with Crippen LogP contribution in [0, 0.1) is 5.82 Å². The molecule has 29 heavy (non-hydrogen) atoms. The summed E-state index contributed by atoms with van der Waals surface area (Å²) < 4.78 is 15.8. The van der Waals surface area contributed by atoms with E-state index in [0.717, 1.165) is 30.2 Å². The fourth-order valence-electron chi connectivity index (χ4n) is 3.44. The molecule has 3 aromatic rings. The van der Waals surface area contributed by atoms with Crippen molar-refractivity contribution in [2.24, 2.45) is 4.99 Å². The molecule has 0 bridgehead atoms. The second kappa shape index (κ2) is 8.72. The summed E-state index contributed by atoms with van der Waals surface area (Å²) in [4.78, 5) is 10.4. The summed E-state index contributed by atoms with van der Waals surface area (Å²) in [6.45, 7) is 2.11. The molecular formula is C21H24FN7. The summed E-state index contributed by atoms with van der Waals surface area (Å²) in [6, 6.07) is 13.4. The van der Waals surface area contributed by atoms with Crippen molar-refractivity contribution < 1.29 is 4.39 Å². The second-order valence-electron chi connectivity index (χ2n) is 6.93. The van der Waals surface area contributed by atoms with Gasteiger partial charge in [-0.3, -0.25) is 4.99 Å². The first-order chi connectivity index (χ1) is 14.2. The molecule has 7 nitrogen and oxygen atoms in total. The third-order valence-electron chi connectivity index (χ3n) is 4.96. The van der Waals surface area contributed by atoms with Crippen LogP contribution in [0.5, 0.6) is 0 Å². The van der Waals surface area contributed by atoms with Crippen LogP contribution in [0.15, 0.2) is 66.0 Å². The molecular weight excluding hydrogens is 369 g/mol. The molecule has 1 aliphatic rings. The van der Waals surface area contributed by atoms with Crippen molar-refractivity contribution in [3.8, 4) is 5.69 Å². The lowest BCUT2D eigenvalue weighted by Crippen LogP contribution is -2.44. The fourth-order valence-corrected chi connectivity index (χ4v) is 3.44. The van der Waals surface area contributed by atoms with Crippen LogP contribution in [0.2, 0.25) is 0 Å². The van der Waals surface area contributed by atoms with E-state index in [0.29, 0.717) is 18.9 Å². The van der Waals surface area contributed by atoms with Crippen LogP contribution >= 0.6 is 0 Å². The normalized spacial score (nSPS) is 16.8. The topological polar surface area (TPSA) is 70.4 Å². The van der Waals surface area contributed by atoms with Crippen molar-refractivity contribution in [2.45, 2.75) is 19.0 Å². The number of aromatic nitrogens is 3. The minimum absolute atomic E-state index is 0.185. The predicted octanol–water partition coefficient (Wildman–Crippen LogP) is 2.35. The first-order valence-electron chi connectivity index (χ1n) is 9.64. The van der Waals surface area contributed by atoms with Crippen molar-refractivity contribution in [1.82, 2.24) is 25.4 Å². The van der Waals surface area contributed by atoms with Gasteiger partial charge in [0.2, 0.25) is 0 Å². The number of halogens is 1. The van der Waals surface area contributed by atoms with Gasteiger partial charge in [0, 0.05) is 51.3 Å². The highest BCUT2D eigenvalue weighted by atomic mass is 19.1. The molecule has 1 unspecified atom stereocenters. The number of guanidine groups is 1. The molecule has 4 rings (SSSR count). The molecule has 2 N–H and O–H groups in total. The Bertz CT molecular complexity index is 953. The first-order valence-corrected chi connectivity index (χ1v) is 9.64. The minimum Gasteiger partial charge on any atom is -0.352 e. The molecule has 1 atom stereocenters. The van der Waals surface area contributed by atoms with Gasteiger partial charge in [-0.25, -0.2) is 14.1 Å². The molecule has 0 saturated carbocycles. The van der Waals surface area contributed by atoms with Crippen molar-refractivity contribution in [3.05, 3.63) is 72.4 Å². The van der Waals surface area contributed by atoms with E-state index >= 15 is 0 Å². The molecule has 0 radical (unpaired) electrons. The van der Waals surface area contributed by atoms with Crippen LogP contribution in [-0.4, -0.2) is 46.9 Å². The Hall–Kier alpha value is -3.42. The SMILES string of the molecule is CN=C(NCc1ccc(-n2cccn2)cc1)NC1CCN(c2ncccc2F)C1. The summed E-state index contributed by atoms with van der Waals surface area (Å²) >= 11 is 0. The van der Waals surface area contributed by atoms with Crippen molar-refractivity contribution in [3.63, 3.8) is 0 Å². The molecule has 0 amide bonds. The third kappa shape index (κ3) is 4.53. The van der Waals surface area contributed by atoms with Crippen LogP contribution in [0.25, 0.3) is 5.69 Å². The number of benzene rings is 1. The lowest BCUT2D eigenvalue weighted by atomic mass is 10.2. The van der Waals surface area contributed by atoms with E-state index < -0.39 is 0 Å². The molecule has 1 saturated heterocycles. The minimum atomic E-state index is -0.283. The summed E-state index contributed by atoms with van der Waals surface area (Å²) in [5, 5.41) is 11.0. The quantitative estimate of drug-likeness (QED) is 0.514. The summed E-state index contributed by atoms with van der Waals surface area (Å²) in [6.07, 6.45) is 6.20. The Balaban J connectivity index is 1.29. The van der Waals surface area contributed by atoms with Gasteiger partial charge in [-0.2, -0.15) is 5.10 Å². The van der Waals surface area contributed by atoms with Crippen LogP contribution in [0.3, 0.4) is 0 Å². The van der Waals surface area contributed by atoms with E-state index in [1.54, 1.807) is 25.5 Å². The van der Waals surface area contributed by atoms with Crippen LogP contribution in [0.1, 0.15) is 12.0 Å². The number of rotatable bonds is 5. The van der Waals surface area contributed by atoms with E-state index in [9.17, 15) is 4.39 Å². The molecule has 1 aromatic carbocycles. The van der Waals surface area contributed by atoms with Crippen LogP contribution in [0.4, 0.5) is 10.2 Å². The van der Waals surface area contributed by atoms with Gasteiger partial charge in [-0.15, -0.1) is 0 Å². The lowest BCUT2D eigenvalue weighted by Gasteiger charge is -2.20. The van der Waals surface area contributed by atoms with Gasteiger partial charge >= 0.3 is 0 Å². The highest BCUT2D eigenvalue weighted by molar-refractivity contribution is 5.80. The maximum absolute atomic E-state index is 14.0. The summed E-state index contributed by atoms with van der Waals surface area (Å²) in [7, 11) is 1.75. The Kier molecular flexibility index (Phi) is 5.69. The summed E-state index contributed by atoms with van der Waals surface area (Å²) in [5.74, 6) is 0.862. The zero-order valence-corrected chi connectivity index (χ0v) is 16.3. The maximum Gasteiger partial charge on any atom is 0.191 e. The fraction of sp³-hybridized carbons (Fsp3) is 0.286. The van der Waals surface area contributed by atoms with Gasteiger partial charge in [0.05, 0.1) is 5.69 Å². The number of anilines is 1. The first kappa shape index (κ1) is 18.9. The van der Waals surface area contributed by atoms with Gasteiger partial charge in [0.25, 0.3) is 0 Å². The number of hydrogen-bond acceptors (Lipinski definition) is 4. The lowest BCUT2D eigenvalue weighted by molar-refractivity contribution is 0.612. The average molecular weight is 393 g/mol. The van der Waals surface area contributed by atoms with Crippen LogP contribution < -0.4 is 15.5 Å². The van der Waals surface area contributed by atoms with Gasteiger partial charge in [0.1, 0.15) is 0 Å². The standard InChI is InChI=1S/C21H24FN7/c1-23-21(25-14-16-5-7-18(8-6-16)29-12-3-11-26-29)27-17-9-13-28(15-17)20-19(22)4-2-10-24-20/h2-8,10-12,17H,9,13-15H2,1H3,(H2,23,25,27). The maximum atomic E-state index is 14.0. The predicted molar refractivity (Wildman–Crippen MR) is 112 cm³/mol. The van der Waals surface area contributed by atoms with Crippen LogP contribution in [-0.2, 0) is 6.54 Å². The van der Waals surface area contributed by atoms with Gasteiger partial charge < -0.3 is 15.5 Å². The van der Waals surface area contributed by atoms with Gasteiger partial charge in [-0.05, 0) is 42.3 Å². The molecule has 1 fully saturated rings. The molecule has 8 heteroatoms. The van der Waals surface area contributed by atoms with Gasteiger partial charge in [0.15, 0.2) is 17.6 Å². The smallest absolute Gasteiger partial charge is 0.191 e. The average Bonchev–Trinajstić information content (AvgIpc) is 3.44. The summed E-state index contributed by atoms with van der Waals surface area (Å²) in [5.41, 5.74) is 2.17. The van der Waals surface area contributed by atoms with E-state index in [1.807, 2.05) is 34.0 Å². The molecule has 3 heterocycles. The number of nitrogens with zero attached hydrogens (tertiary/aromatic N) is 5. The van der Waals surface area contributed by atoms with Crippen molar-refractivity contribution in [2.75, 3.05) is 25.0 Å². The zero-order valence-electron chi connectivity index (χ0n) is 16.3. The van der Waals surface area contributed by atoms with E-state index in [4.69, 9.17) is 0 Å². The Morgan fingerprint density at radius 1 is 1.21 bits per heavy atom. The molecule has 1 aliphatic heterocycles. The van der Waals surface area contributed by atoms with Gasteiger partial charge in [-0.1, -0.05) is 12.1 Å². The van der Waals surface area contributed by atoms with E-state index in [-0.39, 0.29) is 11.9 Å². The second-order valence-corrected chi connectivity index (χ2v) is 6.93. The molecule has 150 valence electrons. The number of pyridine rings is 1. The number of hydrogen-bond donors (Lipinski definition) is 2. The zero-order chi connectivity index (χ0) is 20.1. The highest BCUT2D eigenvalue weighted by Crippen LogP contribution is 2.20. The third-order valence-corrected chi connectivity index (χ3v) is 4.96. The monoisotopic (exact) mass is 393 g/mol. The Morgan fingerprint density at radius 2 is 2.07 bits per heavy atom. The number of nitrogens with one attached hydrogen (secondary N) is 2.